The van der Waals surface area contributed by atoms with Crippen LogP contribution in [0.5, 0.6) is 5.88 Å². The number of aromatic nitrogens is 3. The molecule has 0 aliphatic carbocycles. The molecule has 0 spiro atoms. The standard InChI is InChI=1S/C23H35N5O4/c1-15(2)21-26-23(32-27-21)28-11-9-18(10-12-28)6-5-13-31-20-8-7-19(17(4)25-20)22(30)24-16(3)14-29/h7-8,15-16,18,29H,5-6,9-14H2,1-4H3,(H,24,30). The molecule has 1 aliphatic rings. The van der Waals surface area contributed by atoms with E-state index in [-0.39, 0.29) is 24.5 Å². The highest BCUT2D eigenvalue weighted by Gasteiger charge is 2.23. The number of aliphatic hydroxyl groups is 1. The summed E-state index contributed by atoms with van der Waals surface area (Å²) in [6, 6.07) is 3.78. The Balaban J connectivity index is 1.37. The van der Waals surface area contributed by atoms with Gasteiger partial charge in [-0.25, -0.2) is 4.98 Å². The van der Waals surface area contributed by atoms with Crippen molar-refractivity contribution in [2.75, 3.05) is 31.2 Å². The molecule has 9 nitrogen and oxygen atoms in total. The van der Waals surface area contributed by atoms with E-state index in [4.69, 9.17) is 14.4 Å². The van der Waals surface area contributed by atoms with Gasteiger partial charge in [0.05, 0.1) is 24.5 Å². The summed E-state index contributed by atoms with van der Waals surface area (Å²) >= 11 is 0. The van der Waals surface area contributed by atoms with E-state index in [1.54, 1.807) is 26.0 Å². The summed E-state index contributed by atoms with van der Waals surface area (Å²) in [6.07, 6.45) is 4.27. The molecular formula is C23H35N5O4. The van der Waals surface area contributed by atoms with E-state index in [1.807, 2.05) is 0 Å². The first-order valence-electron chi connectivity index (χ1n) is 11.5. The lowest BCUT2D eigenvalue weighted by molar-refractivity contribution is 0.0921. The smallest absolute Gasteiger partial charge is 0.324 e. The van der Waals surface area contributed by atoms with Crippen LogP contribution in [0.3, 0.4) is 0 Å². The van der Waals surface area contributed by atoms with Crippen LogP contribution >= 0.6 is 0 Å². The molecule has 1 amide bonds. The number of carbonyl (C=O) groups excluding carboxylic acids is 1. The van der Waals surface area contributed by atoms with Gasteiger partial charge in [-0.2, -0.15) is 4.98 Å². The number of piperidine rings is 1. The summed E-state index contributed by atoms with van der Waals surface area (Å²) in [7, 11) is 0. The number of anilines is 1. The van der Waals surface area contributed by atoms with E-state index in [1.165, 1.54) is 0 Å². The van der Waals surface area contributed by atoms with Gasteiger partial charge >= 0.3 is 6.01 Å². The second-order valence-electron chi connectivity index (χ2n) is 8.85. The minimum absolute atomic E-state index is 0.103. The Hall–Kier alpha value is -2.68. The third-order valence-electron chi connectivity index (χ3n) is 5.80. The van der Waals surface area contributed by atoms with Crippen molar-refractivity contribution in [3.05, 3.63) is 29.2 Å². The van der Waals surface area contributed by atoms with Crippen LogP contribution in [0.1, 0.15) is 74.2 Å². The summed E-state index contributed by atoms with van der Waals surface area (Å²) in [5, 5.41) is 15.9. The van der Waals surface area contributed by atoms with E-state index >= 15 is 0 Å². The Morgan fingerprint density at radius 2 is 2.03 bits per heavy atom. The van der Waals surface area contributed by atoms with Crippen molar-refractivity contribution >= 4 is 11.9 Å². The Morgan fingerprint density at radius 3 is 2.66 bits per heavy atom. The molecule has 176 valence electrons. The molecule has 1 aliphatic heterocycles. The molecule has 1 saturated heterocycles. The number of aryl methyl sites for hydroxylation is 1. The van der Waals surface area contributed by atoms with Crippen molar-refractivity contribution in [2.24, 2.45) is 5.92 Å². The average molecular weight is 446 g/mol. The minimum atomic E-state index is -0.297. The fraction of sp³-hybridized carbons (Fsp3) is 0.652. The Kier molecular flexibility index (Phi) is 8.44. The molecule has 9 heteroatoms. The van der Waals surface area contributed by atoms with Gasteiger partial charge in [-0.3, -0.25) is 4.79 Å². The molecular weight excluding hydrogens is 410 g/mol. The lowest BCUT2D eigenvalue weighted by atomic mass is 9.92. The molecule has 2 aromatic heterocycles. The third-order valence-corrected chi connectivity index (χ3v) is 5.80. The second kappa shape index (κ2) is 11.3. The summed E-state index contributed by atoms with van der Waals surface area (Å²) in [4.78, 5) is 23.3. The van der Waals surface area contributed by atoms with Gasteiger partial charge in [0, 0.05) is 31.1 Å². The van der Waals surface area contributed by atoms with E-state index in [9.17, 15) is 4.79 Å². The lowest BCUT2D eigenvalue weighted by Gasteiger charge is -2.30. The van der Waals surface area contributed by atoms with Gasteiger partial charge in [-0.1, -0.05) is 19.0 Å². The molecule has 3 heterocycles. The van der Waals surface area contributed by atoms with Crippen molar-refractivity contribution in [3.8, 4) is 5.88 Å². The number of hydrogen-bond acceptors (Lipinski definition) is 8. The Labute approximate surface area is 189 Å². The normalized spacial score (nSPS) is 15.8. The van der Waals surface area contributed by atoms with Gasteiger partial charge in [0.2, 0.25) is 5.88 Å². The predicted molar refractivity (Wildman–Crippen MR) is 121 cm³/mol. The van der Waals surface area contributed by atoms with E-state index < -0.39 is 0 Å². The van der Waals surface area contributed by atoms with Crippen LogP contribution in [0.25, 0.3) is 0 Å². The minimum Gasteiger partial charge on any atom is -0.478 e. The van der Waals surface area contributed by atoms with Crippen LogP contribution in [0, 0.1) is 12.8 Å². The number of aliphatic hydroxyl groups excluding tert-OH is 1. The van der Waals surface area contributed by atoms with Gasteiger partial charge in [-0.05, 0) is 51.5 Å². The first-order chi connectivity index (χ1) is 15.4. The molecule has 1 unspecified atom stereocenters. The number of rotatable bonds is 10. The molecule has 0 bridgehead atoms. The molecule has 2 N–H and O–H groups in total. The van der Waals surface area contributed by atoms with E-state index in [0.29, 0.717) is 35.7 Å². The second-order valence-corrected chi connectivity index (χ2v) is 8.85. The molecule has 1 fully saturated rings. The first-order valence-corrected chi connectivity index (χ1v) is 11.5. The van der Waals surface area contributed by atoms with Crippen molar-refractivity contribution in [1.29, 1.82) is 0 Å². The maximum absolute atomic E-state index is 12.2. The Bertz CT molecular complexity index is 877. The number of pyridine rings is 1. The average Bonchev–Trinajstić information content (AvgIpc) is 3.28. The van der Waals surface area contributed by atoms with E-state index in [0.717, 1.165) is 44.6 Å². The maximum Gasteiger partial charge on any atom is 0.324 e. The number of nitrogens with zero attached hydrogens (tertiary/aromatic N) is 4. The summed E-state index contributed by atoms with van der Waals surface area (Å²) in [5.41, 5.74) is 1.10. The van der Waals surface area contributed by atoms with Crippen LogP contribution in [0.15, 0.2) is 16.7 Å². The van der Waals surface area contributed by atoms with Crippen molar-refractivity contribution in [3.63, 3.8) is 0 Å². The Morgan fingerprint density at radius 1 is 1.28 bits per heavy atom. The van der Waals surface area contributed by atoms with Crippen LogP contribution in [0.2, 0.25) is 0 Å². The monoisotopic (exact) mass is 445 g/mol. The summed E-state index contributed by atoms with van der Waals surface area (Å²) < 4.78 is 11.2. The highest BCUT2D eigenvalue weighted by Crippen LogP contribution is 2.26. The summed E-state index contributed by atoms with van der Waals surface area (Å²) in [5.74, 6) is 1.98. The molecule has 3 rings (SSSR count). The number of ether oxygens (including phenoxy) is 1. The van der Waals surface area contributed by atoms with Crippen LogP contribution in [0.4, 0.5) is 6.01 Å². The van der Waals surface area contributed by atoms with Crippen LogP contribution < -0.4 is 15.0 Å². The van der Waals surface area contributed by atoms with Crippen molar-refractivity contribution in [1.82, 2.24) is 20.4 Å². The molecule has 0 aromatic carbocycles. The number of carbonyl (C=O) groups is 1. The van der Waals surface area contributed by atoms with Gasteiger partial charge < -0.3 is 24.6 Å². The van der Waals surface area contributed by atoms with Crippen LogP contribution in [-0.4, -0.2) is 58.5 Å². The lowest BCUT2D eigenvalue weighted by Crippen LogP contribution is -2.35. The SMILES string of the molecule is Cc1nc(OCCCC2CCN(c3nc(C(C)C)no3)CC2)ccc1C(=O)NC(C)CO. The van der Waals surface area contributed by atoms with Crippen LogP contribution in [-0.2, 0) is 0 Å². The third kappa shape index (κ3) is 6.41. The number of nitrogens with one attached hydrogen (secondary N) is 1. The predicted octanol–water partition coefficient (Wildman–Crippen LogP) is 3.08. The molecule has 0 radical (unpaired) electrons. The quantitative estimate of drug-likeness (QED) is 0.537. The summed E-state index contributed by atoms with van der Waals surface area (Å²) in [6.45, 7) is 10.0. The van der Waals surface area contributed by atoms with Crippen molar-refractivity contribution in [2.45, 2.75) is 65.3 Å². The topological polar surface area (TPSA) is 114 Å². The highest BCUT2D eigenvalue weighted by molar-refractivity contribution is 5.95. The zero-order valence-electron chi connectivity index (χ0n) is 19.5. The molecule has 2 aromatic rings. The molecule has 0 saturated carbocycles. The van der Waals surface area contributed by atoms with E-state index in [2.05, 4.69) is 39.2 Å². The van der Waals surface area contributed by atoms with Crippen molar-refractivity contribution < 1.29 is 19.2 Å². The number of hydrogen-bond donors (Lipinski definition) is 2. The highest BCUT2D eigenvalue weighted by atomic mass is 16.5. The first kappa shape index (κ1) is 24.0. The van der Waals surface area contributed by atoms with Gasteiger partial charge in [0.1, 0.15) is 0 Å². The van der Waals surface area contributed by atoms with Gasteiger partial charge in [0.25, 0.3) is 5.91 Å². The zero-order valence-corrected chi connectivity index (χ0v) is 19.5. The maximum atomic E-state index is 12.2. The number of amides is 1. The fourth-order valence-corrected chi connectivity index (χ4v) is 3.76. The zero-order chi connectivity index (χ0) is 23.1. The fourth-order valence-electron chi connectivity index (χ4n) is 3.76. The molecule has 1 atom stereocenters. The molecule has 32 heavy (non-hydrogen) atoms. The largest absolute Gasteiger partial charge is 0.478 e. The van der Waals surface area contributed by atoms with Gasteiger partial charge in [-0.15, -0.1) is 0 Å². The van der Waals surface area contributed by atoms with Gasteiger partial charge in [0.15, 0.2) is 5.82 Å².